The molecule has 0 fully saturated rings. The van der Waals surface area contributed by atoms with Gasteiger partial charge in [0, 0.05) is 34.0 Å². The number of dihydropyridines is 1. The number of methoxy groups -OCH3 is 2. The van der Waals surface area contributed by atoms with E-state index < -0.39 is 11.9 Å². The molecule has 1 N–H and O–H groups in total. The Balaban J connectivity index is 1.83. The summed E-state index contributed by atoms with van der Waals surface area (Å²) in [5.41, 5.74) is 4.23. The van der Waals surface area contributed by atoms with Gasteiger partial charge in [0.25, 0.3) is 0 Å². The van der Waals surface area contributed by atoms with E-state index in [-0.39, 0.29) is 24.2 Å². The number of hydrogen-bond acceptors (Lipinski definition) is 6. The summed E-state index contributed by atoms with van der Waals surface area (Å²) in [5, 5.41) is 4.04. The predicted molar refractivity (Wildman–Crippen MR) is 139 cm³/mol. The zero-order chi connectivity index (χ0) is 26.0. The van der Waals surface area contributed by atoms with Gasteiger partial charge in [0.05, 0.1) is 32.3 Å². The molecule has 7 heteroatoms. The highest BCUT2D eigenvalue weighted by atomic mass is 35.5. The summed E-state index contributed by atoms with van der Waals surface area (Å²) in [6.45, 7) is 6.11. The van der Waals surface area contributed by atoms with Gasteiger partial charge in [-0.3, -0.25) is 4.79 Å². The van der Waals surface area contributed by atoms with Gasteiger partial charge in [-0.15, -0.1) is 0 Å². The van der Waals surface area contributed by atoms with E-state index in [0.717, 1.165) is 11.3 Å². The van der Waals surface area contributed by atoms with Gasteiger partial charge in [-0.2, -0.15) is 0 Å². The molecule has 1 aliphatic heterocycles. The Morgan fingerprint density at radius 2 is 1.81 bits per heavy atom. The fraction of sp³-hybridized carbons (Fsp3) is 0.379. The first-order valence-corrected chi connectivity index (χ1v) is 12.5. The molecule has 0 aromatic heterocycles. The first-order chi connectivity index (χ1) is 17.2. The normalized spacial score (nSPS) is 19.7. The van der Waals surface area contributed by atoms with Crippen molar-refractivity contribution in [2.75, 3.05) is 20.8 Å². The number of ether oxygens (including phenoxy) is 3. The van der Waals surface area contributed by atoms with Crippen molar-refractivity contribution in [3.05, 3.63) is 81.2 Å². The van der Waals surface area contributed by atoms with Crippen LogP contribution in [0.3, 0.4) is 0 Å². The molecular weight excluding hydrogens is 478 g/mol. The van der Waals surface area contributed by atoms with Crippen LogP contribution in [0.4, 0.5) is 0 Å². The average Bonchev–Trinajstić information content (AvgIpc) is 2.86. The van der Waals surface area contributed by atoms with Gasteiger partial charge in [0.1, 0.15) is 0 Å². The molecule has 4 rings (SSSR count). The zero-order valence-corrected chi connectivity index (χ0v) is 22.1. The molecule has 0 radical (unpaired) electrons. The summed E-state index contributed by atoms with van der Waals surface area (Å²) in [6.07, 6.45) is 0.968. The van der Waals surface area contributed by atoms with Gasteiger partial charge in [-0.25, -0.2) is 4.79 Å². The van der Waals surface area contributed by atoms with Gasteiger partial charge in [0.15, 0.2) is 17.3 Å². The Bertz CT molecular complexity index is 1230. The van der Waals surface area contributed by atoms with Crippen LogP contribution in [0.2, 0.25) is 5.02 Å². The minimum atomic E-state index is -0.635. The summed E-state index contributed by atoms with van der Waals surface area (Å²) in [5.74, 6) is 0.130. The topological polar surface area (TPSA) is 73.9 Å². The molecule has 36 heavy (non-hydrogen) atoms. The molecule has 6 nitrogen and oxygen atoms in total. The van der Waals surface area contributed by atoms with Crippen LogP contribution in [-0.4, -0.2) is 32.6 Å². The lowest BCUT2D eigenvalue weighted by Gasteiger charge is -2.37. The third kappa shape index (κ3) is 5.00. The molecule has 0 saturated heterocycles. The third-order valence-electron chi connectivity index (χ3n) is 6.68. The molecule has 1 heterocycles. The summed E-state index contributed by atoms with van der Waals surface area (Å²) >= 11 is 6.08. The number of carbonyl (C=O) groups is 2. The maximum atomic E-state index is 13.8. The number of esters is 1. The van der Waals surface area contributed by atoms with E-state index in [1.165, 1.54) is 0 Å². The van der Waals surface area contributed by atoms with Gasteiger partial charge in [0.2, 0.25) is 0 Å². The first kappa shape index (κ1) is 25.8. The fourth-order valence-corrected chi connectivity index (χ4v) is 5.18. The Hall–Kier alpha value is -3.25. The Morgan fingerprint density at radius 3 is 2.44 bits per heavy atom. The molecule has 0 saturated carbocycles. The number of rotatable bonds is 7. The number of nitrogens with one attached hydrogen (secondary N) is 1. The number of para-hydroxylation sites is 1. The van der Waals surface area contributed by atoms with E-state index in [0.29, 0.717) is 51.8 Å². The zero-order valence-electron chi connectivity index (χ0n) is 21.3. The summed E-state index contributed by atoms with van der Waals surface area (Å²) < 4.78 is 16.9. The molecule has 0 amide bonds. The second kappa shape index (κ2) is 10.8. The number of allylic oxidation sites excluding steroid dienone is 3. The van der Waals surface area contributed by atoms with E-state index >= 15 is 0 Å². The lowest BCUT2D eigenvalue weighted by molar-refractivity contribution is -0.140. The molecule has 2 aliphatic rings. The van der Waals surface area contributed by atoms with Crippen LogP contribution >= 0.6 is 11.6 Å². The molecule has 0 spiro atoms. The molecule has 190 valence electrons. The molecule has 2 aromatic carbocycles. The number of hydrogen-bond donors (Lipinski definition) is 1. The number of ketones is 1. The van der Waals surface area contributed by atoms with Crippen LogP contribution in [0.1, 0.15) is 56.6 Å². The van der Waals surface area contributed by atoms with Gasteiger partial charge >= 0.3 is 5.97 Å². The van der Waals surface area contributed by atoms with E-state index in [4.69, 9.17) is 25.8 Å². The summed E-state index contributed by atoms with van der Waals surface area (Å²) in [7, 11) is 3.13. The maximum Gasteiger partial charge on any atom is 0.336 e. The third-order valence-corrected chi connectivity index (χ3v) is 6.93. The van der Waals surface area contributed by atoms with Crippen molar-refractivity contribution in [3.8, 4) is 11.5 Å². The fourth-order valence-electron chi connectivity index (χ4n) is 5.05. The lowest BCUT2D eigenvalue weighted by Crippen LogP contribution is -2.36. The Kier molecular flexibility index (Phi) is 7.74. The van der Waals surface area contributed by atoms with E-state index in [1.54, 1.807) is 20.3 Å². The standard InChI is InChI=1S/C29H32ClNO5/c1-16(2)15-36-29(33)25-17(3)31-22-13-19(18-9-11-20(30)12-10-18)14-23(32)27(22)26(25)21-7-6-8-24(34-4)28(21)35-5/h6-12,16,19,26,31H,13-15H2,1-5H3/t19-,26+/m0/s1. The maximum absolute atomic E-state index is 13.8. The number of Topliss-reactive ketones (excluding diaryl/α,β-unsaturated/α-hetero) is 1. The van der Waals surface area contributed by atoms with Crippen molar-refractivity contribution >= 4 is 23.4 Å². The van der Waals surface area contributed by atoms with Crippen molar-refractivity contribution in [2.24, 2.45) is 5.92 Å². The van der Waals surface area contributed by atoms with Gasteiger partial charge in [-0.1, -0.05) is 49.7 Å². The summed E-state index contributed by atoms with van der Waals surface area (Å²) in [6, 6.07) is 13.1. The van der Waals surface area contributed by atoms with E-state index in [9.17, 15) is 9.59 Å². The Morgan fingerprint density at radius 1 is 1.08 bits per heavy atom. The lowest BCUT2D eigenvalue weighted by atomic mass is 9.71. The second-order valence-electron chi connectivity index (χ2n) is 9.64. The van der Waals surface area contributed by atoms with Crippen LogP contribution in [0, 0.1) is 5.92 Å². The van der Waals surface area contributed by atoms with Gasteiger partial charge < -0.3 is 19.5 Å². The SMILES string of the molecule is COc1cccc([C@@H]2C(C(=O)OCC(C)C)=C(C)NC3=C2C(=O)C[C@@H](c2ccc(Cl)cc2)C3)c1OC. The molecule has 1 aliphatic carbocycles. The molecule has 2 atom stereocenters. The second-order valence-corrected chi connectivity index (χ2v) is 10.1. The van der Waals surface area contributed by atoms with E-state index in [1.807, 2.05) is 57.2 Å². The van der Waals surface area contributed by atoms with Crippen LogP contribution in [0.15, 0.2) is 65.0 Å². The van der Waals surface area contributed by atoms with Crippen molar-refractivity contribution in [2.45, 2.75) is 45.4 Å². The first-order valence-electron chi connectivity index (χ1n) is 12.1. The average molecular weight is 510 g/mol. The van der Waals surface area contributed by atoms with E-state index in [2.05, 4.69) is 5.32 Å². The van der Waals surface area contributed by atoms with Gasteiger partial charge in [-0.05, 0) is 48.9 Å². The van der Waals surface area contributed by atoms with Crippen molar-refractivity contribution < 1.29 is 23.8 Å². The van der Waals surface area contributed by atoms with Crippen molar-refractivity contribution in [1.29, 1.82) is 0 Å². The molecule has 0 bridgehead atoms. The summed E-state index contributed by atoms with van der Waals surface area (Å²) in [4.78, 5) is 27.2. The van der Waals surface area contributed by atoms with Crippen LogP contribution < -0.4 is 14.8 Å². The monoisotopic (exact) mass is 509 g/mol. The highest BCUT2D eigenvalue weighted by Crippen LogP contribution is 2.49. The molecule has 0 unspecified atom stereocenters. The minimum absolute atomic E-state index is 0.0103. The minimum Gasteiger partial charge on any atom is -0.493 e. The smallest absolute Gasteiger partial charge is 0.336 e. The van der Waals surface area contributed by atoms with Crippen molar-refractivity contribution in [3.63, 3.8) is 0 Å². The van der Waals surface area contributed by atoms with Crippen LogP contribution in [0.25, 0.3) is 0 Å². The largest absolute Gasteiger partial charge is 0.493 e. The quantitative estimate of drug-likeness (QED) is 0.467. The molecular formula is C29H32ClNO5. The number of carbonyl (C=O) groups excluding carboxylic acids is 2. The van der Waals surface area contributed by atoms with Crippen LogP contribution in [-0.2, 0) is 14.3 Å². The number of halogens is 1. The van der Waals surface area contributed by atoms with Crippen molar-refractivity contribution in [1.82, 2.24) is 5.32 Å². The number of benzene rings is 2. The Labute approximate surface area is 217 Å². The predicted octanol–water partition coefficient (Wildman–Crippen LogP) is 5.92. The molecule has 2 aromatic rings. The highest BCUT2D eigenvalue weighted by molar-refractivity contribution is 6.30. The van der Waals surface area contributed by atoms with Crippen LogP contribution in [0.5, 0.6) is 11.5 Å². The highest BCUT2D eigenvalue weighted by Gasteiger charge is 2.42.